The Hall–Kier alpha value is 0.440. The Morgan fingerprint density at radius 1 is 1.21 bits per heavy atom. The van der Waals surface area contributed by atoms with Crippen LogP contribution in [0.3, 0.4) is 0 Å². The van der Waals surface area contributed by atoms with Crippen LogP contribution in [0.4, 0.5) is 0 Å². The van der Waals surface area contributed by atoms with E-state index in [1.807, 2.05) is 13.8 Å². The third-order valence-corrected chi connectivity index (χ3v) is 5.26. The number of hydrogen-bond donors (Lipinski definition) is 0. The van der Waals surface area contributed by atoms with Gasteiger partial charge < -0.3 is 4.52 Å². The van der Waals surface area contributed by atoms with Crippen molar-refractivity contribution in [2.24, 2.45) is 0 Å². The average Bonchev–Trinajstić information content (AvgIpc) is 2.42. The summed E-state index contributed by atoms with van der Waals surface area (Å²) in [5.74, 6) is 0.418. The number of alkyl halides is 3. The summed E-state index contributed by atoms with van der Waals surface area (Å²) in [5, 5.41) is 10.3. The van der Waals surface area contributed by atoms with E-state index in [1.165, 1.54) is 0 Å². The van der Waals surface area contributed by atoms with Crippen molar-refractivity contribution in [1.82, 2.24) is 0 Å². The summed E-state index contributed by atoms with van der Waals surface area (Å²) >= 11 is 31.1. The van der Waals surface area contributed by atoms with E-state index in [-0.39, 0.29) is 0 Å². The van der Waals surface area contributed by atoms with Gasteiger partial charge in [-0.15, -0.1) is 0 Å². The Morgan fingerprint density at radius 2 is 1.67 bits per heavy atom. The van der Waals surface area contributed by atoms with Gasteiger partial charge in [-0.05, 0) is 66.8 Å². The number of benzene rings is 1. The minimum Gasteiger partial charge on any atom is -0.423 e. The molecular formula is C11H13Cl5NO5PS. The molecule has 0 N–H and O–H groups in total. The normalized spacial score (nSPS) is 11.5. The Labute approximate surface area is 169 Å². The van der Waals surface area contributed by atoms with E-state index in [4.69, 9.17) is 83.4 Å². The second kappa shape index (κ2) is 11.2. The van der Waals surface area contributed by atoms with Crippen molar-refractivity contribution in [3.05, 3.63) is 38.4 Å². The van der Waals surface area contributed by atoms with E-state index >= 15 is 0 Å². The van der Waals surface area contributed by atoms with E-state index in [2.05, 4.69) is 0 Å². The fraction of sp³-hybridized carbons (Fsp3) is 0.455. The summed E-state index contributed by atoms with van der Waals surface area (Å²) in [6.45, 7) is 1.71. The summed E-state index contributed by atoms with van der Waals surface area (Å²) < 4.78 is 13.9. The Morgan fingerprint density at radius 3 is 2.00 bits per heavy atom. The van der Waals surface area contributed by atoms with Crippen LogP contribution in [0.1, 0.15) is 13.8 Å². The highest BCUT2D eigenvalue weighted by Gasteiger charge is 2.33. The van der Waals surface area contributed by atoms with Crippen molar-refractivity contribution in [2.45, 2.75) is 17.8 Å². The molecule has 1 rings (SSSR count). The summed E-state index contributed by atoms with van der Waals surface area (Å²) in [6, 6.07) is 4.89. The Kier molecular flexibility index (Phi) is 11.4. The first-order valence-corrected chi connectivity index (χ1v) is 10.6. The first kappa shape index (κ1) is 24.4. The summed E-state index contributed by atoms with van der Waals surface area (Å²) in [5.41, 5.74) is 0. The number of hydrogen-bond acceptors (Lipinski definition) is 6. The van der Waals surface area contributed by atoms with Crippen molar-refractivity contribution in [3.8, 4) is 5.75 Å². The second-order valence-electron chi connectivity index (χ2n) is 3.67. The van der Waals surface area contributed by atoms with Crippen LogP contribution >= 0.6 is 64.7 Å². The van der Waals surface area contributed by atoms with Crippen molar-refractivity contribution < 1.29 is 18.5 Å². The standard InChI is InChI=1S/C10H13Cl2O3PS.CCl3NO2/c1-3-13-16(17,14-4-2)15-10-6-5-8(11)7-9(10)12;2-1(3,4)5(6)7/h5-7H,3-4H2,1-2H3;. The number of halogens is 5. The van der Waals surface area contributed by atoms with Crippen LogP contribution in [-0.2, 0) is 20.9 Å². The summed E-state index contributed by atoms with van der Waals surface area (Å²) in [4.78, 5) is 8.41. The van der Waals surface area contributed by atoms with Crippen LogP contribution in [0.15, 0.2) is 18.2 Å². The van der Waals surface area contributed by atoms with Crippen LogP contribution < -0.4 is 4.52 Å². The lowest BCUT2D eigenvalue weighted by Crippen LogP contribution is -2.15. The summed E-state index contributed by atoms with van der Waals surface area (Å²) in [7, 11) is 0. The maximum Gasteiger partial charge on any atom is 0.449 e. The molecule has 0 fully saturated rings. The van der Waals surface area contributed by atoms with Gasteiger partial charge in [0.25, 0.3) is 0 Å². The monoisotopic (exact) mass is 477 g/mol. The first-order valence-electron chi connectivity index (χ1n) is 6.20. The van der Waals surface area contributed by atoms with Crippen LogP contribution in [0.2, 0.25) is 10.0 Å². The molecule has 0 radical (unpaired) electrons. The number of nitro groups is 1. The van der Waals surface area contributed by atoms with Gasteiger partial charge in [0.1, 0.15) is 5.75 Å². The Bertz CT molecular complexity index is 591. The second-order valence-corrected chi connectivity index (χ2v) is 9.67. The van der Waals surface area contributed by atoms with E-state index in [9.17, 15) is 10.1 Å². The maximum atomic E-state index is 9.43. The van der Waals surface area contributed by atoms with Crippen LogP contribution in [0, 0.1) is 10.1 Å². The topological polar surface area (TPSA) is 70.8 Å². The Balaban J connectivity index is 0.000000640. The molecule has 0 saturated carbocycles. The molecule has 0 aromatic heterocycles. The molecule has 0 atom stereocenters. The summed E-state index contributed by atoms with van der Waals surface area (Å²) in [6.07, 6.45) is 0. The van der Waals surface area contributed by atoms with Gasteiger partial charge in [0.2, 0.25) is 0 Å². The van der Waals surface area contributed by atoms with Crippen molar-refractivity contribution in [2.75, 3.05) is 13.2 Å². The fourth-order valence-electron chi connectivity index (χ4n) is 1.08. The molecule has 0 heterocycles. The largest absolute Gasteiger partial charge is 0.449 e. The molecule has 1 aromatic rings. The van der Waals surface area contributed by atoms with E-state index < -0.39 is 15.6 Å². The highest BCUT2D eigenvalue weighted by molar-refractivity contribution is 8.07. The van der Waals surface area contributed by atoms with Gasteiger partial charge in [-0.1, -0.05) is 23.2 Å². The van der Waals surface area contributed by atoms with Gasteiger partial charge in [0, 0.05) is 16.8 Å². The molecule has 0 amide bonds. The van der Waals surface area contributed by atoms with Crippen LogP contribution in [0.25, 0.3) is 0 Å². The van der Waals surface area contributed by atoms with E-state index in [1.54, 1.807) is 18.2 Å². The lowest BCUT2D eigenvalue weighted by Gasteiger charge is -2.21. The lowest BCUT2D eigenvalue weighted by atomic mass is 10.3. The van der Waals surface area contributed by atoms with E-state index in [0.717, 1.165) is 0 Å². The molecule has 13 heteroatoms. The molecule has 6 nitrogen and oxygen atoms in total. The molecule has 0 aliphatic heterocycles. The SMILES string of the molecule is CCOP(=S)(OCC)Oc1ccc(Cl)cc1Cl.O=[N+]([O-])C(Cl)(Cl)Cl. The zero-order valence-corrected chi connectivity index (χ0v) is 17.9. The molecule has 1 aromatic carbocycles. The van der Waals surface area contributed by atoms with Gasteiger partial charge in [-0.2, -0.15) is 0 Å². The molecule has 24 heavy (non-hydrogen) atoms. The number of nitrogens with zero attached hydrogens (tertiary/aromatic N) is 1. The highest BCUT2D eigenvalue weighted by Crippen LogP contribution is 2.51. The molecule has 0 saturated heterocycles. The van der Waals surface area contributed by atoms with Crippen molar-refractivity contribution >= 4 is 76.5 Å². The zero-order chi connectivity index (χ0) is 19.0. The molecular weight excluding hydrogens is 466 g/mol. The third kappa shape index (κ3) is 9.80. The smallest absolute Gasteiger partial charge is 0.423 e. The lowest BCUT2D eigenvalue weighted by molar-refractivity contribution is -0.491. The fourth-order valence-corrected chi connectivity index (χ4v) is 3.66. The molecule has 138 valence electrons. The molecule has 0 aliphatic rings. The van der Waals surface area contributed by atoms with E-state index in [0.29, 0.717) is 29.0 Å². The molecule has 0 bridgehead atoms. The van der Waals surface area contributed by atoms with Gasteiger partial charge in [0.15, 0.2) is 0 Å². The maximum absolute atomic E-state index is 9.43. The minimum absolute atomic E-state index is 0.381. The van der Waals surface area contributed by atoms with Gasteiger partial charge in [-0.3, -0.25) is 19.2 Å². The van der Waals surface area contributed by atoms with Crippen LogP contribution in [0.5, 0.6) is 5.75 Å². The van der Waals surface area contributed by atoms with Gasteiger partial charge in [0.05, 0.1) is 23.2 Å². The van der Waals surface area contributed by atoms with Crippen molar-refractivity contribution in [1.29, 1.82) is 0 Å². The quantitative estimate of drug-likeness (QED) is 0.158. The molecule has 0 spiro atoms. The van der Waals surface area contributed by atoms with Crippen LogP contribution in [-0.4, -0.2) is 22.1 Å². The van der Waals surface area contributed by atoms with Crippen molar-refractivity contribution in [3.63, 3.8) is 0 Å². The predicted octanol–water partition coefficient (Wildman–Crippen LogP) is 6.26. The third-order valence-electron chi connectivity index (χ3n) is 1.89. The van der Waals surface area contributed by atoms with Gasteiger partial charge >= 0.3 is 10.6 Å². The predicted molar refractivity (Wildman–Crippen MR) is 102 cm³/mol. The minimum atomic E-state index is -2.78. The number of rotatable bonds is 6. The molecule has 0 aliphatic carbocycles. The first-order chi connectivity index (χ1) is 10.9. The highest BCUT2D eigenvalue weighted by atomic mass is 35.6. The average molecular weight is 480 g/mol. The zero-order valence-electron chi connectivity index (χ0n) is 12.4. The molecule has 0 unspecified atom stereocenters. The van der Waals surface area contributed by atoms with Gasteiger partial charge in [-0.25, -0.2) is 0 Å².